The lowest BCUT2D eigenvalue weighted by molar-refractivity contribution is -0.0461. The topological polar surface area (TPSA) is 139 Å². The van der Waals surface area contributed by atoms with Crippen molar-refractivity contribution in [2.45, 2.75) is 148 Å². The van der Waals surface area contributed by atoms with Crippen LogP contribution in [0, 0.1) is 0 Å². The smallest absolute Gasteiger partial charge is 0.207 e. The second-order valence-electron chi connectivity index (χ2n) is 19.7. The van der Waals surface area contributed by atoms with Gasteiger partial charge in [0.2, 0.25) is 5.95 Å². The van der Waals surface area contributed by atoms with Gasteiger partial charge in [0.25, 0.3) is 0 Å². The van der Waals surface area contributed by atoms with Crippen molar-refractivity contribution in [3.8, 4) is 16.9 Å². The lowest BCUT2D eigenvalue weighted by Crippen LogP contribution is -2.54. The lowest BCUT2D eigenvalue weighted by Gasteiger charge is -2.44. The summed E-state index contributed by atoms with van der Waals surface area (Å²) < 4.78 is 31.0. The summed E-state index contributed by atoms with van der Waals surface area (Å²) in [5, 5.41) is 13.2. The van der Waals surface area contributed by atoms with Gasteiger partial charge in [0.15, 0.2) is 48.2 Å². The molecule has 0 saturated carbocycles. The fraction of sp³-hybridized carbons (Fsp3) is 0.585. The number of ether oxygens (including phenoxy) is 1. The van der Waals surface area contributed by atoms with Crippen molar-refractivity contribution in [1.82, 2.24) is 19.5 Å². The van der Waals surface area contributed by atoms with Crippen LogP contribution in [0.4, 0.5) is 11.8 Å². The molecule has 1 saturated heterocycles. The maximum Gasteiger partial charge on any atom is 0.207 e. The number of rotatable bonds is 12. The number of aromatic nitrogens is 4. The Kier molecular flexibility index (Phi) is 12.0. The predicted molar refractivity (Wildman–Crippen MR) is 232 cm³/mol. The zero-order valence-corrected chi connectivity index (χ0v) is 38.9. The number of phenols is 1. The highest BCUT2D eigenvalue weighted by Crippen LogP contribution is 2.48. The van der Waals surface area contributed by atoms with Crippen molar-refractivity contribution in [3.05, 3.63) is 60.4 Å². The summed E-state index contributed by atoms with van der Waals surface area (Å²) in [4.78, 5) is 14.0. The minimum Gasteiger partial charge on any atom is -0.508 e. The molecule has 2 aromatic heterocycles. The molecule has 5 rings (SSSR count). The van der Waals surface area contributed by atoms with Gasteiger partial charge in [-0.1, -0.05) is 98.7 Å². The van der Waals surface area contributed by atoms with Gasteiger partial charge in [-0.05, 0) is 83.2 Å². The standard InChI is InChI=1S/C41H66N6O5Si3/c1-39(2,3)53(10,11)49-25-31-33(51-54(12,13)40(4,5)6)34(52-55(14,15)41(7,8)9)37(50-31)47-36-32(35(42)44-26-45-36)46-38(47)43-24-27-16-18-28(19-17-27)29-20-22-30(48)23-21-29/h16-23,26,31,33-34,37,48H,24-25H2,1-15H3,(H,43,46)(H2,42,44,45)/t31-,33-,34-,37-/m1/s1. The Morgan fingerprint density at radius 3 is 1.78 bits per heavy atom. The molecule has 4 atom stereocenters. The van der Waals surface area contributed by atoms with Gasteiger partial charge in [-0.25, -0.2) is 15.0 Å². The van der Waals surface area contributed by atoms with Crippen LogP contribution in [0.1, 0.15) is 74.1 Å². The molecule has 14 heteroatoms. The van der Waals surface area contributed by atoms with Gasteiger partial charge in [-0.15, -0.1) is 0 Å². The quantitative estimate of drug-likeness (QED) is 0.119. The Morgan fingerprint density at radius 2 is 1.25 bits per heavy atom. The van der Waals surface area contributed by atoms with Crippen LogP contribution in [0.25, 0.3) is 22.3 Å². The molecule has 0 aliphatic carbocycles. The van der Waals surface area contributed by atoms with Gasteiger partial charge in [0, 0.05) is 6.54 Å². The molecule has 1 fully saturated rings. The molecule has 1 aliphatic rings. The van der Waals surface area contributed by atoms with E-state index < -0.39 is 49.5 Å². The van der Waals surface area contributed by atoms with E-state index in [0.29, 0.717) is 30.3 Å². The molecule has 11 nitrogen and oxygen atoms in total. The Bertz CT molecular complexity index is 1930. The molecule has 2 aromatic carbocycles. The first-order valence-corrected chi connectivity index (χ1v) is 28.2. The molecule has 4 N–H and O–H groups in total. The minimum absolute atomic E-state index is 0.0200. The molecular weight excluding hydrogens is 741 g/mol. The average Bonchev–Trinajstić information content (AvgIpc) is 3.59. The van der Waals surface area contributed by atoms with E-state index in [0.717, 1.165) is 16.7 Å². The number of nitrogens with two attached hydrogens (primary N) is 1. The maximum absolute atomic E-state index is 9.75. The van der Waals surface area contributed by atoms with Crippen LogP contribution in [-0.4, -0.2) is 74.5 Å². The fourth-order valence-corrected chi connectivity index (χ4v) is 9.42. The first kappa shape index (κ1) is 43.0. The average molecular weight is 807 g/mol. The maximum atomic E-state index is 9.75. The zero-order chi connectivity index (χ0) is 40.9. The summed E-state index contributed by atoms with van der Waals surface area (Å²) >= 11 is 0. The SMILES string of the molecule is CC(C)(C)[Si](C)(C)OC[C@H]1O[C@@H](n2c(NCc3ccc(-c4ccc(O)cc4)cc3)nc3c(N)ncnc32)[C@H](O[Si](C)(C)C(C)(C)C)[C@@H]1O[Si](C)(C)C(C)(C)C. The normalized spacial score (nSPS) is 20.3. The van der Waals surface area contributed by atoms with E-state index in [9.17, 15) is 5.11 Å². The summed E-state index contributed by atoms with van der Waals surface area (Å²) in [5.74, 6) is 1.08. The van der Waals surface area contributed by atoms with Crippen molar-refractivity contribution in [3.63, 3.8) is 0 Å². The number of fused-ring (bicyclic) bond motifs is 1. The van der Waals surface area contributed by atoms with E-state index in [2.05, 4.69) is 136 Å². The lowest BCUT2D eigenvalue weighted by atomic mass is 10.0. The van der Waals surface area contributed by atoms with Crippen molar-refractivity contribution >= 4 is 47.9 Å². The third kappa shape index (κ3) is 9.21. The summed E-state index contributed by atoms with van der Waals surface area (Å²) in [7, 11) is -6.93. The van der Waals surface area contributed by atoms with Crippen molar-refractivity contribution in [1.29, 1.82) is 0 Å². The number of hydrogen-bond acceptors (Lipinski definition) is 10. The van der Waals surface area contributed by atoms with E-state index in [-0.39, 0.29) is 26.7 Å². The van der Waals surface area contributed by atoms with Crippen LogP contribution in [-0.2, 0) is 24.6 Å². The fourth-order valence-electron chi connectivity index (χ4n) is 5.80. The number of anilines is 2. The van der Waals surface area contributed by atoms with Gasteiger partial charge in [-0.3, -0.25) is 4.57 Å². The van der Waals surface area contributed by atoms with Crippen molar-refractivity contribution < 1.29 is 23.1 Å². The van der Waals surface area contributed by atoms with E-state index >= 15 is 0 Å². The van der Waals surface area contributed by atoms with Gasteiger partial charge < -0.3 is 34.2 Å². The number of nitrogens with one attached hydrogen (secondary N) is 1. The molecule has 0 spiro atoms. The highest BCUT2D eigenvalue weighted by Gasteiger charge is 2.55. The molecule has 3 heterocycles. The molecule has 0 amide bonds. The molecule has 55 heavy (non-hydrogen) atoms. The molecule has 4 aromatic rings. The first-order valence-electron chi connectivity index (χ1n) is 19.5. The third-order valence-electron chi connectivity index (χ3n) is 12.5. The van der Waals surface area contributed by atoms with Crippen LogP contribution in [0.3, 0.4) is 0 Å². The monoisotopic (exact) mass is 806 g/mol. The molecule has 1 aliphatic heterocycles. The van der Waals surface area contributed by atoms with Crippen molar-refractivity contribution in [2.24, 2.45) is 0 Å². The summed E-state index contributed by atoms with van der Waals surface area (Å²) in [6.45, 7) is 34.9. The molecule has 0 unspecified atom stereocenters. The Labute approximate surface area is 332 Å². The van der Waals surface area contributed by atoms with Gasteiger partial charge in [0.05, 0.1) is 6.61 Å². The Morgan fingerprint density at radius 1 is 0.745 bits per heavy atom. The number of phenolic OH excluding ortho intramolecular Hbond substituents is 1. The number of imidazole rings is 1. The second-order valence-corrected chi connectivity index (χ2v) is 34.0. The van der Waals surface area contributed by atoms with Crippen molar-refractivity contribution in [2.75, 3.05) is 17.7 Å². The Hall–Kier alpha value is -3.12. The van der Waals surface area contributed by atoms with E-state index in [1.54, 1.807) is 12.1 Å². The van der Waals surface area contributed by atoms with Gasteiger partial charge >= 0.3 is 0 Å². The molecule has 0 bridgehead atoms. The van der Waals surface area contributed by atoms with E-state index in [1.807, 2.05) is 16.7 Å². The van der Waals surface area contributed by atoms with Crippen LogP contribution < -0.4 is 11.1 Å². The van der Waals surface area contributed by atoms with Crippen LogP contribution in [0.2, 0.25) is 54.4 Å². The molecular formula is C41H66N6O5Si3. The van der Waals surface area contributed by atoms with Gasteiger partial charge in [-0.2, -0.15) is 0 Å². The largest absolute Gasteiger partial charge is 0.508 e. The van der Waals surface area contributed by atoms with Crippen LogP contribution in [0.5, 0.6) is 5.75 Å². The van der Waals surface area contributed by atoms with Crippen LogP contribution >= 0.6 is 0 Å². The number of nitrogens with zero attached hydrogens (tertiary/aromatic N) is 4. The number of nitrogen functional groups attached to an aromatic ring is 1. The summed E-state index contributed by atoms with van der Waals surface area (Å²) in [6, 6.07) is 15.5. The first-order chi connectivity index (χ1) is 25.2. The highest BCUT2D eigenvalue weighted by atomic mass is 28.4. The number of aromatic hydroxyl groups is 1. The second kappa shape index (κ2) is 15.3. The highest BCUT2D eigenvalue weighted by molar-refractivity contribution is 6.75. The van der Waals surface area contributed by atoms with Gasteiger partial charge in [0.1, 0.15) is 30.4 Å². The predicted octanol–water partition coefficient (Wildman–Crippen LogP) is 10.1. The summed E-state index contributed by atoms with van der Waals surface area (Å²) in [5.41, 5.74) is 10.7. The third-order valence-corrected chi connectivity index (χ3v) is 26.0. The minimum atomic E-state index is -2.41. The molecule has 302 valence electrons. The molecule has 0 radical (unpaired) electrons. The van der Waals surface area contributed by atoms with E-state index in [1.165, 1.54) is 6.33 Å². The Balaban J connectivity index is 1.60. The summed E-state index contributed by atoms with van der Waals surface area (Å²) in [6.07, 6.45) is -0.513. The zero-order valence-electron chi connectivity index (χ0n) is 35.9. The van der Waals surface area contributed by atoms with E-state index in [4.69, 9.17) is 33.7 Å². The number of benzene rings is 2. The number of hydrogen-bond donors (Lipinski definition) is 3. The van der Waals surface area contributed by atoms with Crippen LogP contribution in [0.15, 0.2) is 54.9 Å².